The standard InChI is InChI=1S/C25H20N2O3/c1-17(28)27-19-14-12-18(13-15-19)7-6-16-26-25(29)24-20-8-2-4-10-22(20)30-23-11-5-3-9-21(23)24/h2-5,8-15,24H,16H2,1H3,(H,26,29)(H,27,28). The Hall–Kier alpha value is -4.04. The first-order chi connectivity index (χ1) is 14.6. The molecule has 2 N–H and O–H groups in total. The molecule has 0 aromatic heterocycles. The first-order valence-electron chi connectivity index (χ1n) is 9.62. The lowest BCUT2D eigenvalue weighted by Gasteiger charge is -2.27. The molecule has 0 unspecified atom stereocenters. The van der Waals surface area contributed by atoms with E-state index in [2.05, 4.69) is 22.5 Å². The van der Waals surface area contributed by atoms with Crippen molar-refractivity contribution >= 4 is 17.5 Å². The molecule has 1 heterocycles. The minimum absolute atomic E-state index is 0.117. The Labute approximate surface area is 175 Å². The van der Waals surface area contributed by atoms with E-state index in [-0.39, 0.29) is 18.4 Å². The van der Waals surface area contributed by atoms with Gasteiger partial charge in [-0.25, -0.2) is 0 Å². The molecule has 1 aliphatic rings. The van der Waals surface area contributed by atoms with Crippen LogP contribution in [-0.2, 0) is 9.59 Å². The molecule has 5 nitrogen and oxygen atoms in total. The molecule has 3 aromatic carbocycles. The Kier molecular flexibility index (Phi) is 5.49. The number of carbonyl (C=O) groups is 2. The van der Waals surface area contributed by atoms with Crippen LogP contribution in [0.15, 0.2) is 72.8 Å². The fourth-order valence-corrected chi connectivity index (χ4v) is 3.41. The molecule has 0 radical (unpaired) electrons. The molecule has 1 aliphatic heterocycles. The summed E-state index contributed by atoms with van der Waals surface area (Å²) in [6, 6.07) is 22.4. The lowest BCUT2D eigenvalue weighted by atomic mass is 9.87. The Balaban J connectivity index is 1.46. The Morgan fingerprint density at radius 3 is 2.10 bits per heavy atom. The third kappa shape index (κ3) is 4.18. The monoisotopic (exact) mass is 396 g/mol. The lowest BCUT2D eigenvalue weighted by molar-refractivity contribution is -0.121. The van der Waals surface area contributed by atoms with Crippen molar-refractivity contribution < 1.29 is 14.3 Å². The van der Waals surface area contributed by atoms with Crippen molar-refractivity contribution in [3.63, 3.8) is 0 Å². The van der Waals surface area contributed by atoms with Gasteiger partial charge in [-0.15, -0.1) is 0 Å². The Morgan fingerprint density at radius 1 is 0.900 bits per heavy atom. The van der Waals surface area contributed by atoms with Crippen LogP contribution < -0.4 is 15.4 Å². The molecule has 2 amide bonds. The SMILES string of the molecule is CC(=O)Nc1ccc(C#CCNC(=O)C2c3ccccc3Oc3ccccc32)cc1. The molecule has 5 heteroatoms. The highest BCUT2D eigenvalue weighted by molar-refractivity contribution is 5.90. The molecule has 0 fully saturated rings. The van der Waals surface area contributed by atoms with Crippen LogP contribution in [0.5, 0.6) is 11.5 Å². The Morgan fingerprint density at radius 2 is 1.50 bits per heavy atom. The highest BCUT2D eigenvalue weighted by Crippen LogP contribution is 2.43. The van der Waals surface area contributed by atoms with Crippen molar-refractivity contribution in [3.05, 3.63) is 89.5 Å². The van der Waals surface area contributed by atoms with Crippen molar-refractivity contribution in [1.29, 1.82) is 0 Å². The van der Waals surface area contributed by atoms with E-state index in [1.807, 2.05) is 60.7 Å². The van der Waals surface area contributed by atoms with Gasteiger partial charge < -0.3 is 15.4 Å². The smallest absolute Gasteiger partial charge is 0.233 e. The molecular weight excluding hydrogens is 376 g/mol. The van der Waals surface area contributed by atoms with E-state index in [4.69, 9.17) is 4.74 Å². The van der Waals surface area contributed by atoms with Crippen molar-refractivity contribution in [2.24, 2.45) is 0 Å². The first kappa shape index (κ1) is 19.3. The van der Waals surface area contributed by atoms with Gasteiger partial charge in [0, 0.05) is 29.3 Å². The van der Waals surface area contributed by atoms with Gasteiger partial charge in [-0.05, 0) is 36.4 Å². The van der Waals surface area contributed by atoms with E-state index >= 15 is 0 Å². The number of ether oxygens (including phenoxy) is 1. The van der Waals surface area contributed by atoms with Crippen LogP contribution in [0, 0.1) is 11.8 Å². The predicted molar refractivity (Wildman–Crippen MR) is 115 cm³/mol. The van der Waals surface area contributed by atoms with E-state index in [1.54, 1.807) is 12.1 Å². The number of carbonyl (C=O) groups excluding carboxylic acids is 2. The van der Waals surface area contributed by atoms with Gasteiger partial charge in [0.25, 0.3) is 0 Å². The van der Waals surface area contributed by atoms with Gasteiger partial charge in [-0.3, -0.25) is 9.59 Å². The second-order valence-corrected chi connectivity index (χ2v) is 6.89. The fraction of sp³-hybridized carbons (Fsp3) is 0.120. The summed E-state index contributed by atoms with van der Waals surface area (Å²) in [7, 11) is 0. The fourth-order valence-electron chi connectivity index (χ4n) is 3.41. The summed E-state index contributed by atoms with van der Waals surface area (Å²) in [5, 5.41) is 5.63. The summed E-state index contributed by atoms with van der Waals surface area (Å²) in [6.45, 7) is 1.69. The number of para-hydroxylation sites is 2. The maximum atomic E-state index is 13.0. The molecule has 4 rings (SSSR count). The highest BCUT2D eigenvalue weighted by Gasteiger charge is 2.31. The molecule has 0 saturated heterocycles. The van der Waals surface area contributed by atoms with Crippen molar-refractivity contribution in [1.82, 2.24) is 5.32 Å². The minimum atomic E-state index is -0.440. The minimum Gasteiger partial charge on any atom is -0.457 e. The zero-order chi connectivity index (χ0) is 20.9. The summed E-state index contributed by atoms with van der Waals surface area (Å²) in [4.78, 5) is 24.1. The van der Waals surface area contributed by atoms with Crippen LogP contribution in [-0.4, -0.2) is 18.4 Å². The average molecular weight is 396 g/mol. The van der Waals surface area contributed by atoms with E-state index in [9.17, 15) is 9.59 Å². The van der Waals surface area contributed by atoms with Crippen LogP contribution in [0.4, 0.5) is 5.69 Å². The third-order valence-corrected chi connectivity index (χ3v) is 4.73. The normalized spacial score (nSPS) is 11.8. The van der Waals surface area contributed by atoms with Gasteiger partial charge >= 0.3 is 0 Å². The predicted octanol–water partition coefficient (Wildman–Crippen LogP) is 4.05. The maximum Gasteiger partial charge on any atom is 0.233 e. The van der Waals surface area contributed by atoms with E-state index in [0.29, 0.717) is 11.5 Å². The number of benzene rings is 3. The summed E-state index contributed by atoms with van der Waals surface area (Å²) >= 11 is 0. The van der Waals surface area contributed by atoms with Crippen LogP contribution in [0.25, 0.3) is 0 Å². The van der Waals surface area contributed by atoms with Crippen LogP contribution >= 0.6 is 0 Å². The van der Waals surface area contributed by atoms with Crippen molar-refractivity contribution in [3.8, 4) is 23.3 Å². The number of nitrogens with one attached hydrogen (secondary N) is 2. The number of rotatable bonds is 3. The van der Waals surface area contributed by atoms with Gasteiger partial charge in [-0.2, -0.15) is 0 Å². The second-order valence-electron chi connectivity index (χ2n) is 6.89. The second kappa shape index (κ2) is 8.54. The van der Waals surface area contributed by atoms with Crippen molar-refractivity contribution in [2.75, 3.05) is 11.9 Å². The third-order valence-electron chi connectivity index (χ3n) is 4.73. The first-order valence-corrected chi connectivity index (χ1v) is 9.62. The summed E-state index contributed by atoms with van der Waals surface area (Å²) in [6.07, 6.45) is 0. The van der Waals surface area contributed by atoms with Gasteiger partial charge in [-0.1, -0.05) is 48.2 Å². The number of anilines is 1. The number of amides is 2. The van der Waals surface area contributed by atoms with Gasteiger partial charge in [0.2, 0.25) is 11.8 Å². The van der Waals surface area contributed by atoms with E-state index < -0.39 is 5.92 Å². The molecular formula is C25H20N2O3. The highest BCUT2D eigenvalue weighted by atomic mass is 16.5. The average Bonchev–Trinajstić information content (AvgIpc) is 2.75. The van der Waals surface area contributed by atoms with Gasteiger partial charge in [0.15, 0.2) is 0 Å². The number of hydrogen-bond donors (Lipinski definition) is 2. The molecule has 3 aromatic rings. The zero-order valence-electron chi connectivity index (χ0n) is 16.4. The molecule has 0 bridgehead atoms. The number of fused-ring (bicyclic) bond motifs is 2. The summed E-state index contributed by atoms with van der Waals surface area (Å²) in [5.41, 5.74) is 3.21. The van der Waals surface area contributed by atoms with Crippen molar-refractivity contribution in [2.45, 2.75) is 12.8 Å². The Bertz CT molecular complexity index is 1110. The van der Waals surface area contributed by atoms with Crippen LogP contribution in [0.1, 0.15) is 29.5 Å². The zero-order valence-corrected chi connectivity index (χ0v) is 16.4. The summed E-state index contributed by atoms with van der Waals surface area (Å²) in [5.74, 6) is 6.72. The largest absolute Gasteiger partial charge is 0.457 e. The maximum absolute atomic E-state index is 13.0. The molecule has 148 valence electrons. The molecule has 30 heavy (non-hydrogen) atoms. The summed E-state index contributed by atoms with van der Waals surface area (Å²) < 4.78 is 5.94. The quantitative estimate of drug-likeness (QED) is 0.657. The van der Waals surface area contributed by atoms with Gasteiger partial charge in [0.1, 0.15) is 11.5 Å². The molecule has 0 aliphatic carbocycles. The van der Waals surface area contributed by atoms with Crippen LogP contribution in [0.3, 0.4) is 0 Å². The van der Waals surface area contributed by atoms with E-state index in [0.717, 1.165) is 22.4 Å². The number of hydrogen-bond acceptors (Lipinski definition) is 3. The van der Waals surface area contributed by atoms with Gasteiger partial charge in [0.05, 0.1) is 12.5 Å². The molecule has 0 spiro atoms. The topological polar surface area (TPSA) is 67.4 Å². The molecule has 0 saturated carbocycles. The van der Waals surface area contributed by atoms with Crippen LogP contribution in [0.2, 0.25) is 0 Å². The lowest BCUT2D eigenvalue weighted by Crippen LogP contribution is -2.31. The van der Waals surface area contributed by atoms with E-state index in [1.165, 1.54) is 6.92 Å². The molecule has 0 atom stereocenters.